The highest BCUT2D eigenvalue weighted by atomic mass is 15.2. The summed E-state index contributed by atoms with van der Waals surface area (Å²) in [6, 6.07) is 11.7. The van der Waals surface area contributed by atoms with E-state index in [-0.39, 0.29) is 0 Å². The van der Waals surface area contributed by atoms with Gasteiger partial charge in [-0.05, 0) is 50.0 Å². The van der Waals surface area contributed by atoms with Crippen molar-refractivity contribution in [3.05, 3.63) is 65.8 Å². The van der Waals surface area contributed by atoms with Crippen LogP contribution >= 0.6 is 0 Å². The van der Waals surface area contributed by atoms with Crippen molar-refractivity contribution in [2.24, 2.45) is 0 Å². The van der Waals surface area contributed by atoms with Crippen LogP contribution < -0.4 is 4.90 Å². The van der Waals surface area contributed by atoms with Crippen molar-refractivity contribution >= 4 is 5.69 Å². The molecule has 1 aromatic rings. The Balaban J connectivity index is 2.07. The van der Waals surface area contributed by atoms with Gasteiger partial charge in [0.2, 0.25) is 0 Å². The van der Waals surface area contributed by atoms with Gasteiger partial charge in [0.25, 0.3) is 0 Å². The fourth-order valence-corrected chi connectivity index (χ4v) is 3.73. The number of para-hydroxylation sites is 1. The second-order valence-electron chi connectivity index (χ2n) is 5.74. The topological polar surface area (TPSA) is 3.24 Å². The molecule has 2 bridgehead atoms. The monoisotopic (exact) mass is 251 g/mol. The molecular weight excluding hydrogens is 230 g/mol. The molecular formula is C18H21N. The van der Waals surface area contributed by atoms with Gasteiger partial charge in [-0.3, -0.25) is 0 Å². The van der Waals surface area contributed by atoms with Crippen LogP contribution in [0.5, 0.6) is 0 Å². The van der Waals surface area contributed by atoms with Crippen molar-refractivity contribution in [3.63, 3.8) is 0 Å². The van der Waals surface area contributed by atoms with E-state index in [0.29, 0.717) is 12.1 Å². The Morgan fingerprint density at radius 3 is 1.84 bits per heavy atom. The fourth-order valence-electron chi connectivity index (χ4n) is 3.73. The molecule has 1 nitrogen and oxygen atoms in total. The molecule has 2 unspecified atom stereocenters. The predicted octanol–water partition coefficient (Wildman–Crippen LogP) is 4.49. The Hall–Kier alpha value is -1.76. The summed E-state index contributed by atoms with van der Waals surface area (Å²) in [5, 5.41) is 0. The Labute approximate surface area is 115 Å². The van der Waals surface area contributed by atoms with Crippen molar-refractivity contribution < 1.29 is 0 Å². The van der Waals surface area contributed by atoms with Crippen molar-refractivity contribution in [1.29, 1.82) is 0 Å². The van der Waals surface area contributed by atoms with Gasteiger partial charge in [0.05, 0.1) is 12.1 Å². The van der Waals surface area contributed by atoms with Crippen LogP contribution in [0.2, 0.25) is 0 Å². The summed E-state index contributed by atoms with van der Waals surface area (Å²) in [5.74, 6) is 0. The summed E-state index contributed by atoms with van der Waals surface area (Å²) >= 11 is 0. The van der Waals surface area contributed by atoms with Crippen LogP contribution in [0.3, 0.4) is 0 Å². The van der Waals surface area contributed by atoms with Crippen LogP contribution in [-0.4, -0.2) is 12.1 Å². The van der Waals surface area contributed by atoms with E-state index in [1.54, 1.807) is 0 Å². The van der Waals surface area contributed by atoms with E-state index >= 15 is 0 Å². The molecule has 0 N–H and O–H groups in total. The average molecular weight is 251 g/mol. The molecule has 2 atom stereocenters. The number of anilines is 1. The van der Waals surface area contributed by atoms with Gasteiger partial charge in [0.15, 0.2) is 0 Å². The lowest BCUT2D eigenvalue weighted by Crippen LogP contribution is -2.31. The van der Waals surface area contributed by atoms with Crippen molar-refractivity contribution in [2.45, 2.75) is 38.8 Å². The smallest absolute Gasteiger partial charge is 0.0555 e. The molecule has 0 aromatic heterocycles. The number of hydrogen-bond donors (Lipinski definition) is 0. The quantitative estimate of drug-likeness (QED) is 0.765. The Kier molecular flexibility index (Phi) is 2.85. The maximum Gasteiger partial charge on any atom is 0.0555 e. The normalized spacial score (nSPS) is 25.1. The van der Waals surface area contributed by atoms with Gasteiger partial charge < -0.3 is 4.90 Å². The standard InChI is InChI=1S/C18H21N/c1-12(2)17-15-10-11-16(18(17)13(3)4)19(15)14-8-6-5-7-9-14/h5-9,15-16H,1,3,10-11H2,2,4H3. The fraction of sp³-hybridized carbons (Fsp3) is 0.333. The third-order valence-corrected chi connectivity index (χ3v) is 4.32. The molecule has 2 heterocycles. The van der Waals surface area contributed by atoms with E-state index in [2.05, 4.69) is 62.2 Å². The van der Waals surface area contributed by atoms with Crippen molar-refractivity contribution in [2.75, 3.05) is 4.90 Å². The summed E-state index contributed by atoms with van der Waals surface area (Å²) < 4.78 is 0. The van der Waals surface area contributed by atoms with E-state index in [1.807, 2.05) is 0 Å². The van der Waals surface area contributed by atoms with Crippen LogP contribution in [-0.2, 0) is 0 Å². The minimum atomic E-state index is 0.497. The molecule has 1 heteroatoms. The molecule has 2 aliphatic heterocycles. The Bertz CT molecular complexity index is 533. The minimum absolute atomic E-state index is 0.497. The van der Waals surface area contributed by atoms with Gasteiger partial charge >= 0.3 is 0 Å². The molecule has 19 heavy (non-hydrogen) atoms. The number of fused-ring (bicyclic) bond motifs is 2. The third kappa shape index (κ3) is 1.76. The number of rotatable bonds is 3. The van der Waals surface area contributed by atoms with E-state index < -0.39 is 0 Å². The van der Waals surface area contributed by atoms with Crippen LogP contribution in [0.25, 0.3) is 0 Å². The van der Waals surface area contributed by atoms with Crippen LogP contribution in [0, 0.1) is 0 Å². The highest BCUT2D eigenvalue weighted by Crippen LogP contribution is 2.48. The molecule has 98 valence electrons. The van der Waals surface area contributed by atoms with Gasteiger partial charge in [-0.1, -0.05) is 42.5 Å². The molecule has 0 saturated carbocycles. The first-order valence-electron chi connectivity index (χ1n) is 7.00. The molecule has 0 amide bonds. The average Bonchev–Trinajstić information content (AvgIpc) is 2.94. The van der Waals surface area contributed by atoms with E-state index in [9.17, 15) is 0 Å². The van der Waals surface area contributed by atoms with E-state index in [0.717, 1.165) is 0 Å². The zero-order chi connectivity index (χ0) is 13.6. The lowest BCUT2D eigenvalue weighted by Gasteiger charge is -2.26. The number of benzene rings is 1. The first-order chi connectivity index (χ1) is 9.11. The number of hydrogen-bond acceptors (Lipinski definition) is 1. The first kappa shape index (κ1) is 12.3. The van der Waals surface area contributed by atoms with E-state index in [4.69, 9.17) is 0 Å². The van der Waals surface area contributed by atoms with Gasteiger partial charge in [-0.2, -0.15) is 0 Å². The molecule has 2 aliphatic rings. The Morgan fingerprint density at radius 1 is 0.947 bits per heavy atom. The number of nitrogens with zero attached hydrogens (tertiary/aromatic N) is 1. The van der Waals surface area contributed by atoms with Crippen molar-refractivity contribution in [1.82, 2.24) is 0 Å². The molecule has 1 aromatic carbocycles. The largest absolute Gasteiger partial charge is 0.357 e. The van der Waals surface area contributed by atoms with Crippen LogP contribution in [0.1, 0.15) is 26.7 Å². The Morgan fingerprint density at radius 2 is 1.42 bits per heavy atom. The lowest BCUT2D eigenvalue weighted by molar-refractivity contribution is 0.754. The summed E-state index contributed by atoms with van der Waals surface area (Å²) in [6.07, 6.45) is 2.47. The zero-order valence-corrected chi connectivity index (χ0v) is 11.8. The lowest BCUT2D eigenvalue weighted by atomic mass is 9.85. The van der Waals surface area contributed by atoms with Crippen LogP contribution in [0.4, 0.5) is 5.69 Å². The minimum Gasteiger partial charge on any atom is -0.357 e. The second-order valence-corrected chi connectivity index (χ2v) is 5.74. The third-order valence-electron chi connectivity index (χ3n) is 4.32. The maximum atomic E-state index is 4.19. The molecule has 0 spiro atoms. The summed E-state index contributed by atoms with van der Waals surface area (Å²) in [4.78, 5) is 2.56. The maximum absolute atomic E-state index is 4.19. The first-order valence-corrected chi connectivity index (χ1v) is 7.00. The highest BCUT2D eigenvalue weighted by molar-refractivity contribution is 5.66. The summed E-state index contributed by atoms with van der Waals surface area (Å²) in [6.45, 7) is 12.6. The van der Waals surface area contributed by atoms with Crippen LogP contribution in [0.15, 0.2) is 65.8 Å². The van der Waals surface area contributed by atoms with E-state index in [1.165, 1.54) is 40.8 Å². The highest BCUT2D eigenvalue weighted by Gasteiger charge is 2.45. The molecule has 1 saturated heterocycles. The summed E-state index contributed by atoms with van der Waals surface area (Å²) in [7, 11) is 0. The molecule has 0 radical (unpaired) electrons. The molecule has 0 aliphatic carbocycles. The van der Waals surface area contributed by atoms with Gasteiger partial charge in [0, 0.05) is 5.69 Å². The van der Waals surface area contributed by atoms with Gasteiger partial charge in [0.1, 0.15) is 0 Å². The van der Waals surface area contributed by atoms with Gasteiger partial charge in [-0.15, -0.1) is 0 Å². The van der Waals surface area contributed by atoms with Crippen molar-refractivity contribution in [3.8, 4) is 0 Å². The molecule has 1 fully saturated rings. The summed E-state index contributed by atoms with van der Waals surface area (Å²) in [5.41, 5.74) is 6.60. The predicted molar refractivity (Wildman–Crippen MR) is 82.4 cm³/mol. The zero-order valence-electron chi connectivity index (χ0n) is 11.8. The SMILES string of the molecule is C=C(C)C1=C(C(=C)C)C2CCC1N2c1ccccc1. The second kappa shape index (κ2) is 4.41. The van der Waals surface area contributed by atoms with Gasteiger partial charge in [-0.25, -0.2) is 0 Å². The molecule has 3 rings (SSSR count).